The minimum atomic E-state index is 0.0696. The fraction of sp³-hybridized carbons (Fsp3) is 0.524. The Balaban J connectivity index is 1.31. The van der Waals surface area contributed by atoms with Gasteiger partial charge in [-0.25, -0.2) is 0 Å². The molecular weight excluding hydrogens is 356 g/mol. The number of rotatable bonds is 5. The SMILES string of the molecule is O=C(c1coc(CN2CCOCC2)c1)N1CCCN(Cc2cccnc2)CC1. The summed E-state index contributed by atoms with van der Waals surface area (Å²) in [6.07, 6.45) is 6.29. The summed E-state index contributed by atoms with van der Waals surface area (Å²) in [4.78, 5) is 23.7. The van der Waals surface area contributed by atoms with E-state index >= 15 is 0 Å². The Bertz CT molecular complexity index is 758. The first-order valence-corrected chi connectivity index (χ1v) is 10.1. The summed E-state index contributed by atoms with van der Waals surface area (Å²) in [6, 6.07) is 5.97. The van der Waals surface area contributed by atoms with E-state index in [9.17, 15) is 4.79 Å². The molecule has 0 radical (unpaired) electrons. The zero-order valence-electron chi connectivity index (χ0n) is 16.3. The minimum absolute atomic E-state index is 0.0696. The first-order valence-electron chi connectivity index (χ1n) is 10.1. The van der Waals surface area contributed by atoms with Gasteiger partial charge in [-0.05, 0) is 24.1 Å². The van der Waals surface area contributed by atoms with Crippen LogP contribution < -0.4 is 0 Å². The zero-order valence-corrected chi connectivity index (χ0v) is 16.3. The summed E-state index contributed by atoms with van der Waals surface area (Å²) in [6.45, 7) is 8.33. The van der Waals surface area contributed by atoms with Crippen LogP contribution in [0.2, 0.25) is 0 Å². The molecule has 150 valence electrons. The van der Waals surface area contributed by atoms with Crippen LogP contribution in [-0.4, -0.2) is 78.1 Å². The number of carbonyl (C=O) groups is 1. The van der Waals surface area contributed by atoms with Gasteiger partial charge in [0.2, 0.25) is 0 Å². The van der Waals surface area contributed by atoms with Gasteiger partial charge in [-0.15, -0.1) is 0 Å². The minimum Gasteiger partial charge on any atom is -0.467 e. The second-order valence-corrected chi connectivity index (χ2v) is 7.47. The lowest BCUT2D eigenvalue weighted by molar-refractivity contribution is 0.0313. The highest BCUT2D eigenvalue weighted by molar-refractivity contribution is 5.94. The van der Waals surface area contributed by atoms with E-state index in [1.807, 2.05) is 23.2 Å². The normalized spacial score (nSPS) is 19.5. The van der Waals surface area contributed by atoms with E-state index in [0.29, 0.717) is 5.56 Å². The van der Waals surface area contributed by atoms with Crippen LogP contribution in [-0.2, 0) is 17.8 Å². The summed E-state index contributed by atoms with van der Waals surface area (Å²) in [5, 5.41) is 0. The summed E-state index contributed by atoms with van der Waals surface area (Å²) in [5.41, 5.74) is 1.87. The van der Waals surface area contributed by atoms with E-state index in [0.717, 1.165) is 77.8 Å². The molecule has 2 aliphatic heterocycles. The molecule has 0 N–H and O–H groups in total. The van der Waals surface area contributed by atoms with E-state index in [4.69, 9.17) is 9.15 Å². The molecule has 2 aliphatic rings. The monoisotopic (exact) mass is 384 g/mol. The molecule has 28 heavy (non-hydrogen) atoms. The number of hydrogen-bond donors (Lipinski definition) is 0. The number of aromatic nitrogens is 1. The third-order valence-electron chi connectivity index (χ3n) is 5.39. The highest BCUT2D eigenvalue weighted by atomic mass is 16.5. The number of ether oxygens (including phenoxy) is 1. The number of carbonyl (C=O) groups excluding carboxylic acids is 1. The second-order valence-electron chi connectivity index (χ2n) is 7.47. The topological polar surface area (TPSA) is 62.1 Å². The van der Waals surface area contributed by atoms with Crippen molar-refractivity contribution in [3.63, 3.8) is 0 Å². The van der Waals surface area contributed by atoms with Crippen molar-refractivity contribution in [2.75, 3.05) is 52.5 Å². The average molecular weight is 384 g/mol. The molecule has 4 rings (SSSR count). The van der Waals surface area contributed by atoms with Crippen LogP contribution in [0.1, 0.15) is 28.1 Å². The van der Waals surface area contributed by atoms with Gasteiger partial charge < -0.3 is 14.1 Å². The summed E-state index contributed by atoms with van der Waals surface area (Å²) < 4.78 is 11.0. The highest BCUT2D eigenvalue weighted by Gasteiger charge is 2.22. The lowest BCUT2D eigenvalue weighted by Gasteiger charge is -2.25. The van der Waals surface area contributed by atoms with Gasteiger partial charge in [0, 0.05) is 58.2 Å². The Morgan fingerprint density at radius 1 is 1.04 bits per heavy atom. The highest BCUT2D eigenvalue weighted by Crippen LogP contribution is 2.16. The molecule has 0 aromatic carbocycles. The first kappa shape index (κ1) is 19.1. The number of hydrogen-bond acceptors (Lipinski definition) is 6. The fourth-order valence-electron chi connectivity index (χ4n) is 3.82. The predicted molar refractivity (Wildman–Crippen MR) is 105 cm³/mol. The van der Waals surface area contributed by atoms with E-state index in [1.54, 1.807) is 12.5 Å². The quantitative estimate of drug-likeness (QED) is 0.784. The third kappa shape index (κ3) is 4.98. The van der Waals surface area contributed by atoms with Crippen LogP contribution >= 0.6 is 0 Å². The van der Waals surface area contributed by atoms with E-state index in [-0.39, 0.29) is 5.91 Å². The fourth-order valence-corrected chi connectivity index (χ4v) is 3.82. The van der Waals surface area contributed by atoms with Crippen molar-refractivity contribution in [2.45, 2.75) is 19.5 Å². The molecule has 0 aliphatic carbocycles. The van der Waals surface area contributed by atoms with Crippen molar-refractivity contribution in [2.24, 2.45) is 0 Å². The molecular formula is C21H28N4O3. The van der Waals surface area contributed by atoms with Gasteiger partial charge in [0.15, 0.2) is 0 Å². The Kier molecular flexibility index (Phi) is 6.36. The van der Waals surface area contributed by atoms with Gasteiger partial charge in [-0.3, -0.25) is 19.6 Å². The van der Waals surface area contributed by atoms with Crippen molar-refractivity contribution in [3.05, 3.63) is 53.7 Å². The Morgan fingerprint density at radius 3 is 2.71 bits per heavy atom. The van der Waals surface area contributed by atoms with Crippen LogP contribution in [0.3, 0.4) is 0 Å². The van der Waals surface area contributed by atoms with Crippen molar-refractivity contribution in [3.8, 4) is 0 Å². The lowest BCUT2D eigenvalue weighted by Crippen LogP contribution is -2.35. The number of morpholine rings is 1. The van der Waals surface area contributed by atoms with Crippen molar-refractivity contribution in [1.29, 1.82) is 0 Å². The van der Waals surface area contributed by atoms with Gasteiger partial charge >= 0.3 is 0 Å². The lowest BCUT2D eigenvalue weighted by atomic mass is 10.2. The number of amides is 1. The maximum atomic E-state index is 12.9. The van der Waals surface area contributed by atoms with Crippen LogP contribution in [0.25, 0.3) is 0 Å². The van der Waals surface area contributed by atoms with Crippen molar-refractivity contribution in [1.82, 2.24) is 19.7 Å². The Morgan fingerprint density at radius 2 is 1.89 bits per heavy atom. The first-order chi connectivity index (χ1) is 13.8. The maximum Gasteiger partial charge on any atom is 0.257 e. The van der Waals surface area contributed by atoms with E-state index in [2.05, 4.69) is 20.9 Å². The van der Waals surface area contributed by atoms with E-state index < -0.39 is 0 Å². The molecule has 0 unspecified atom stereocenters. The maximum absolute atomic E-state index is 12.9. The third-order valence-corrected chi connectivity index (χ3v) is 5.39. The Hall–Kier alpha value is -2.22. The molecule has 4 heterocycles. The van der Waals surface area contributed by atoms with Crippen LogP contribution in [0, 0.1) is 0 Å². The van der Waals surface area contributed by atoms with Gasteiger partial charge in [0.25, 0.3) is 5.91 Å². The molecule has 0 bridgehead atoms. The van der Waals surface area contributed by atoms with Crippen molar-refractivity contribution < 1.29 is 13.9 Å². The van der Waals surface area contributed by atoms with E-state index in [1.165, 1.54) is 5.56 Å². The standard InChI is InChI=1S/C21H28N4O3/c26-21(19-13-20(28-17-19)16-24-9-11-27-12-10-24)25-6-2-5-23(7-8-25)15-18-3-1-4-22-14-18/h1,3-4,13-14,17H,2,5-12,15-16H2. The number of furan rings is 1. The number of pyridine rings is 1. The van der Waals surface area contributed by atoms with Gasteiger partial charge in [-0.1, -0.05) is 6.07 Å². The molecule has 0 saturated carbocycles. The molecule has 2 saturated heterocycles. The zero-order chi connectivity index (χ0) is 19.2. The molecule has 0 atom stereocenters. The summed E-state index contributed by atoms with van der Waals surface area (Å²) >= 11 is 0. The van der Waals surface area contributed by atoms with Gasteiger partial charge in [0.1, 0.15) is 12.0 Å². The predicted octanol–water partition coefficient (Wildman–Crippen LogP) is 1.85. The van der Waals surface area contributed by atoms with Gasteiger partial charge in [-0.2, -0.15) is 0 Å². The molecule has 2 aromatic heterocycles. The summed E-state index contributed by atoms with van der Waals surface area (Å²) in [7, 11) is 0. The number of nitrogens with zero attached hydrogens (tertiary/aromatic N) is 4. The smallest absolute Gasteiger partial charge is 0.257 e. The molecule has 0 spiro atoms. The van der Waals surface area contributed by atoms with Crippen LogP contribution in [0.4, 0.5) is 0 Å². The van der Waals surface area contributed by atoms with Gasteiger partial charge in [0.05, 0.1) is 25.3 Å². The largest absolute Gasteiger partial charge is 0.467 e. The second kappa shape index (κ2) is 9.32. The molecule has 2 aromatic rings. The molecule has 1 amide bonds. The molecule has 7 heteroatoms. The Labute approximate surface area is 165 Å². The van der Waals surface area contributed by atoms with Crippen LogP contribution in [0.15, 0.2) is 41.3 Å². The molecule has 7 nitrogen and oxygen atoms in total. The molecule has 2 fully saturated rings. The van der Waals surface area contributed by atoms with Crippen LogP contribution in [0.5, 0.6) is 0 Å². The summed E-state index contributed by atoms with van der Waals surface area (Å²) in [5.74, 6) is 0.915. The average Bonchev–Trinajstić information content (AvgIpc) is 3.07. The van der Waals surface area contributed by atoms with Crippen molar-refractivity contribution >= 4 is 5.91 Å².